The third kappa shape index (κ3) is 6.72. The SMILES string of the molecule is CC(C)C(CNCC(O)COCC1CC1)C(C)C. The van der Waals surface area contributed by atoms with Gasteiger partial charge in [0.2, 0.25) is 0 Å². The lowest BCUT2D eigenvalue weighted by Crippen LogP contribution is -2.36. The summed E-state index contributed by atoms with van der Waals surface area (Å²) < 4.78 is 5.48. The van der Waals surface area contributed by atoms with Crippen molar-refractivity contribution in [2.24, 2.45) is 23.7 Å². The first-order valence-electron chi connectivity index (χ1n) is 7.47. The smallest absolute Gasteiger partial charge is 0.0897 e. The maximum atomic E-state index is 9.79. The largest absolute Gasteiger partial charge is 0.389 e. The van der Waals surface area contributed by atoms with Crippen molar-refractivity contribution in [3.63, 3.8) is 0 Å². The van der Waals surface area contributed by atoms with Crippen LogP contribution in [-0.2, 0) is 4.74 Å². The molecule has 0 bridgehead atoms. The minimum atomic E-state index is -0.372. The molecule has 0 spiro atoms. The first-order valence-corrected chi connectivity index (χ1v) is 7.47. The van der Waals surface area contributed by atoms with Crippen LogP contribution in [0.15, 0.2) is 0 Å². The van der Waals surface area contributed by atoms with Crippen LogP contribution < -0.4 is 5.32 Å². The van der Waals surface area contributed by atoms with Crippen LogP contribution >= 0.6 is 0 Å². The Kier molecular flexibility index (Phi) is 7.20. The first kappa shape index (κ1) is 15.9. The van der Waals surface area contributed by atoms with Gasteiger partial charge in [-0.05, 0) is 43.1 Å². The van der Waals surface area contributed by atoms with Crippen molar-refractivity contribution in [1.82, 2.24) is 5.32 Å². The van der Waals surface area contributed by atoms with Crippen LogP contribution in [0.2, 0.25) is 0 Å². The minimum Gasteiger partial charge on any atom is -0.389 e. The van der Waals surface area contributed by atoms with Gasteiger partial charge in [-0.3, -0.25) is 0 Å². The topological polar surface area (TPSA) is 41.5 Å². The highest BCUT2D eigenvalue weighted by Gasteiger charge is 2.21. The molecule has 0 radical (unpaired) electrons. The van der Waals surface area contributed by atoms with Crippen LogP contribution in [0.25, 0.3) is 0 Å². The summed E-state index contributed by atoms with van der Waals surface area (Å²) >= 11 is 0. The van der Waals surface area contributed by atoms with Gasteiger partial charge in [-0.25, -0.2) is 0 Å². The monoisotopic (exact) mass is 257 g/mol. The lowest BCUT2D eigenvalue weighted by atomic mass is 9.85. The molecular formula is C15H31NO2. The molecule has 108 valence electrons. The number of hydrogen-bond acceptors (Lipinski definition) is 3. The van der Waals surface area contributed by atoms with E-state index in [2.05, 4.69) is 33.0 Å². The summed E-state index contributed by atoms with van der Waals surface area (Å²) in [6, 6.07) is 0. The van der Waals surface area contributed by atoms with Crippen LogP contribution in [0.3, 0.4) is 0 Å². The fourth-order valence-electron chi connectivity index (χ4n) is 2.37. The Labute approximate surface area is 112 Å². The third-order valence-electron chi connectivity index (χ3n) is 3.83. The van der Waals surface area contributed by atoms with E-state index in [-0.39, 0.29) is 6.10 Å². The average molecular weight is 257 g/mol. The van der Waals surface area contributed by atoms with Gasteiger partial charge in [-0.2, -0.15) is 0 Å². The normalized spacial score (nSPS) is 18.0. The van der Waals surface area contributed by atoms with E-state index in [1.165, 1.54) is 12.8 Å². The summed E-state index contributed by atoms with van der Waals surface area (Å²) in [7, 11) is 0. The fraction of sp³-hybridized carbons (Fsp3) is 1.00. The van der Waals surface area contributed by atoms with Crippen molar-refractivity contribution in [2.75, 3.05) is 26.3 Å². The first-order chi connectivity index (χ1) is 8.50. The standard InChI is InChI=1S/C15H31NO2/c1-11(2)15(12(3)4)8-16-7-14(17)10-18-9-13-5-6-13/h11-17H,5-10H2,1-4H3. The third-order valence-corrected chi connectivity index (χ3v) is 3.83. The van der Waals surface area contributed by atoms with Gasteiger partial charge in [0.15, 0.2) is 0 Å². The van der Waals surface area contributed by atoms with Gasteiger partial charge in [0.05, 0.1) is 12.7 Å². The number of ether oxygens (including phenoxy) is 1. The zero-order valence-corrected chi connectivity index (χ0v) is 12.5. The molecular weight excluding hydrogens is 226 g/mol. The summed E-state index contributed by atoms with van der Waals surface area (Å²) in [6.07, 6.45) is 2.24. The highest BCUT2D eigenvalue weighted by atomic mass is 16.5. The Bertz CT molecular complexity index is 207. The molecule has 0 amide bonds. The Hall–Kier alpha value is -0.120. The molecule has 0 heterocycles. The average Bonchev–Trinajstić information content (AvgIpc) is 3.07. The molecule has 1 fully saturated rings. The van der Waals surface area contributed by atoms with E-state index >= 15 is 0 Å². The van der Waals surface area contributed by atoms with E-state index in [0.717, 1.165) is 19.1 Å². The predicted octanol–water partition coefficient (Wildman–Crippen LogP) is 2.29. The number of nitrogens with one attached hydrogen (secondary N) is 1. The van der Waals surface area contributed by atoms with Gasteiger partial charge in [-0.1, -0.05) is 27.7 Å². The molecule has 1 unspecified atom stereocenters. The van der Waals surface area contributed by atoms with Gasteiger partial charge in [0.1, 0.15) is 0 Å². The molecule has 1 rings (SSSR count). The van der Waals surface area contributed by atoms with Crippen molar-refractivity contribution < 1.29 is 9.84 Å². The summed E-state index contributed by atoms with van der Waals surface area (Å²) in [5.41, 5.74) is 0. The maximum absolute atomic E-state index is 9.79. The number of aliphatic hydroxyl groups is 1. The van der Waals surface area contributed by atoms with Crippen molar-refractivity contribution in [2.45, 2.75) is 46.6 Å². The lowest BCUT2D eigenvalue weighted by molar-refractivity contribution is 0.0316. The van der Waals surface area contributed by atoms with Gasteiger partial charge < -0.3 is 15.2 Å². The van der Waals surface area contributed by atoms with Crippen LogP contribution in [0.5, 0.6) is 0 Å². The van der Waals surface area contributed by atoms with E-state index in [9.17, 15) is 5.11 Å². The zero-order valence-electron chi connectivity index (χ0n) is 12.5. The fourth-order valence-corrected chi connectivity index (χ4v) is 2.37. The Morgan fingerprint density at radius 3 is 2.22 bits per heavy atom. The highest BCUT2D eigenvalue weighted by molar-refractivity contribution is 4.73. The number of rotatable bonds is 10. The highest BCUT2D eigenvalue weighted by Crippen LogP contribution is 2.28. The maximum Gasteiger partial charge on any atom is 0.0897 e. The number of hydrogen-bond donors (Lipinski definition) is 2. The Morgan fingerprint density at radius 1 is 1.11 bits per heavy atom. The van der Waals surface area contributed by atoms with Crippen molar-refractivity contribution in [3.05, 3.63) is 0 Å². The predicted molar refractivity (Wildman–Crippen MR) is 75.6 cm³/mol. The van der Waals surface area contributed by atoms with Gasteiger partial charge in [-0.15, -0.1) is 0 Å². The molecule has 0 saturated heterocycles. The molecule has 0 aromatic heterocycles. The number of aliphatic hydroxyl groups excluding tert-OH is 1. The van der Waals surface area contributed by atoms with Crippen molar-refractivity contribution >= 4 is 0 Å². The second-order valence-electron chi connectivity index (χ2n) is 6.44. The van der Waals surface area contributed by atoms with Crippen LogP contribution in [-0.4, -0.2) is 37.5 Å². The van der Waals surface area contributed by atoms with E-state index < -0.39 is 0 Å². The van der Waals surface area contributed by atoms with E-state index in [1.54, 1.807) is 0 Å². The molecule has 0 aliphatic heterocycles. The Balaban J connectivity index is 2.03. The van der Waals surface area contributed by atoms with E-state index in [0.29, 0.717) is 30.9 Å². The van der Waals surface area contributed by atoms with Gasteiger partial charge in [0.25, 0.3) is 0 Å². The summed E-state index contributed by atoms with van der Waals surface area (Å²) in [5, 5.41) is 13.2. The molecule has 18 heavy (non-hydrogen) atoms. The molecule has 1 atom stereocenters. The minimum absolute atomic E-state index is 0.372. The zero-order chi connectivity index (χ0) is 13.5. The summed E-state index contributed by atoms with van der Waals surface area (Å²) in [6.45, 7) is 12.0. The summed E-state index contributed by atoms with van der Waals surface area (Å²) in [5.74, 6) is 2.81. The summed E-state index contributed by atoms with van der Waals surface area (Å²) in [4.78, 5) is 0. The molecule has 3 nitrogen and oxygen atoms in total. The molecule has 1 saturated carbocycles. The van der Waals surface area contributed by atoms with Crippen molar-refractivity contribution in [3.8, 4) is 0 Å². The molecule has 1 aliphatic carbocycles. The molecule has 0 aromatic carbocycles. The van der Waals surface area contributed by atoms with E-state index in [4.69, 9.17) is 4.74 Å². The molecule has 2 N–H and O–H groups in total. The second kappa shape index (κ2) is 8.13. The second-order valence-corrected chi connectivity index (χ2v) is 6.44. The van der Waals surface area contributed by atoms with Crippen LogP contribution in [0.1, 0.15) is 40.5 Å². The molecule has 1 aliphatic rings. The molecule has 3 heteroatoms. The van der Waals surface area contributed by atoms with Crippen LogP contribution in [0.4, 0.5) is 0 Å². The van der Waals surface area contributed by atoms with E-state index in [1.807, 2.05) is 0 Å². The lowest BCUT2D eigenvalue weighted by Gasteiger charge is -2.25. The Morgan fingerprint density at radius 2 is 1.72 bits per heavy atom. The van der Waals surface area contributed by atoms with Crippen molar-refractivity contribution in [1.29, 1.82) is 0 Å². The quantitative estimate of drug-likeness (QED) is 0.631. The van der Waals surface area contributed by atoms with Gasteiger partial charge in [0, 0.05) is 13.2 Å². The molecule has 0 aromatic rings. The van der Waals surface area contributed by atoms with Crippen LogP contribution in [0, 0.1) is 23.7 Å². The van der Waals surface area contributed by atoms with Gasteiger partial charge >= 0.3 is 0 Å².